The van der Waals surface area contributed by atoms with Gasteiger partial charge >= 0.3 is 0 Å². The van der Waals surface area contributed by atoms with Gasteiger partial charge in [-0.05, 0) is 23.6 Å². The quantitative estimate of drug-likeness (QED) is 0.797. The molecule has 0 aliphatic carbocycles. The topological polar surface area (TPSA) is 78.0 Å². The largest absolute Gasteiger partial charge is 0.334 e. The van der Waals surface area contributed by atoms with Crippen molar-refractivity contribution in [1.29, 1.82) is 0 Å². The predicted molar refractivity (Wildman–Crippen MR) is 92.8 cm³/mol. The zero-order chi connectivity index (χ0) is 16.7. The second-order valence-corrected chi connectivity index (χ2v) is 7.46. The van der Waals surface area contributed by atoms with Crippen molar-refractivity contribution < 1.29 is 8.42 Å². The molecule has 0 unspecified atom stereocenters. The molecule has 0 bridgehead atoms. The maximum Gasteiger partial charge on any atom is 0.238 e. The molecule has 4 rings (SSSR count). The van der Waals surface area contributed by atoms with Gasteiger partial charge in [-0.3, -0.25) is 0 Å². The first-order chi connectivity index (χ1) is 11.5. The third-order valence-electron chi connectivity index (χ3n) is 4.33. The Kier molecular flexibility index (Phi) is 3.51. The summed E-state index contributed by atoms with van der Waals surface area (Å²) in [6.45, 7) is 0.917. The van der Waals surface area contributed by atoms with E-state index in [4.69, 9.17) is 5.14 Å². The molecule has 6 heteroatoms. The van der Waals surface area contributed by atoms with Crippen LogP contribution >= 0.6 is 0 Å². The molecule has 24 heavy (non-hydrogen) atoms. The summed E-state index contributed by atoms with van der Waals surface area (Å²) < 4.78 is 26.3. The first-order valence-electron chi connectivity index (χ1n) is 7.82. The van der Waals surface area contributed by atoms with E-state index >= 15 is 0 Å². The SMILES string of the molecule is NS(=O)(=O)c1cccc(-c2ccccc2)c1-c1cn2c(n1)CCC2. The van der Waals surface area contributed by atoms with Crippen LogP contribution in [0.3, 0.4) is 0 Å². The highest BCUT2D eigenvalue weighted by Gasteiger charge is 2.23. The highest BCUT2D eigenvalue weighted by Crippen LogP contribution is 2.37. The van der Waals surface area contributed by atoms with Gasteiger partial charge in [0.15, 0.2) is 0 Å². The molecule has 1 aliphatic heterocycles. The van der Waals surface area contributed by atoms with Crippen LogP contribution in [0, 0.1) is 0 Å². The molecule has 0 amide bonds. The number of aryl methyl sites for hydroxylation is 2. The van der Waals surface area contributed by atoms with E-state index in [9.17, 15) is 8.42 Å². The lowest BCUT2D eigenvalue weighted by molar-refractivity contribution is 0.598. The van der Waals surface area contributed by atoms with Crippen LogP contribution in [-0.2, 0) is 23.0 Å². The van der Waals surface area contributed by atoms with Crippen LogP contribution < -0.4 is 5.14 Å². The van der Waals surface area contributed by atoms with Crippen LogP contribution in [0.5, 0.6) is 0 Å². The van der Waals surface area contributed by atoms with Crippen molar-refractivity contribution in [3.05, 3.63) is 60.6 Å². The maximum absolute atomic E-state index is 12.1. The Balaban J connectivity index is 2.01. The van der Waals surface area contributed by atoms with Crippen molar-refractivity contribution in [1.82, 2.24) is 9.55 Å². The number of rotatable bonds is 3. The summed E-state index contributed by atoms with van der Waals surface area (Å²) in [7, 11) is -3.85. The molecule has 0 atom stereocenters. The number of benzene rings is 2. The Morgan fingerprint density at radius 1 is 1.04 bits per heavy atom. The monoisotopic (exact) mass is 339 g/mol. The van der Waals surface area contributed by atoms with Crippen molar-refractivity contribution in [2.75, 3.05) is 0 Å². The van der Waals surface area contributed by atoms with E-state index in [1.165, 1.54) is 0 Å². The number of primary sulfonamides is 1. The van der Waals surface area contributed by atoms with E-state index in [-0.39, 0.29) is 4.90 Å². The summed E-state index contributed by atoms with van der Waals surface area (Å²) in [4.78, 5) is 4.78. The van der Waals surface area contributed by atoms with Crippen molar-refractivity contribution in [2.24, 2.45) is 5.14 Å². The minimum absolute atomic E-state index is 0.112. The first kappa shape index (κ1) is 15.1. The number of nitrogens with zero attached hydrogens (tertiary/aromatic N) is 2. The molecule has 3 aromatic rings. The number of hydrogen-bond acceptors (Lipinski definition) is 3. The fraction of sp³-hybridized carbons (Fsp3) is 0.167. The summed E-state index contributed by atoms with van der Waals surface area (Å²) in [6.07, 6.45) is 3.92. The molecule has 2 N–H and O–H groups in total. The smallest absolute Gasteiger partial charge is 0.238 e. The van der Waals surface area contributed by atoms with E-state index < -0.39 is 10.0 Å². The van der Waals surface area contributed by atoms with Crippen molar-refractivity contribution in [3.8, 4) is 22.4 Å². The summed E-state index contributed by atoms with van der Waals surface area (Å²) >= 11 is 0. The van der Waals surface area contributed by atoms with Crippen LogP contribution in [0.1, 0.15) is 12.2 Å². The van der Waals surface area contributed by atoms with Crippen molar-refractivity contribution in [3.63, 3.8) is 0 Å². The molecule has 1 aliphatic rings. The lowest BCUT2D eigenvalue weighted by Gasteiger charge is -2.12. The number of hydrogen-bond donors (Lipinski definition) is 1. The number of fused-ring (bicyclic) bond motifs is 1. The Hall–Kier alpha value is -2.44. The van der Waals surface area contributed by atoms with Gasteiger partial charge in [0.2, 0.25) is 10.0 Å². The van der Waals surface area contributed by atoms with Gasteiger partial charge in [-0.1, -0.05) is 42.5 Å². The summed E-state index contributed by atoms with van der Waals surface area (Å²) in [5.74, 6) is 0.994. The molecule has 2 aromatic carbocycles. The third-order valence-corrected chi connectivity index (χ3v) is 5.29. The number of sulfonamides is 1. The predicted octanol–water partition coefficient (Wildman–Crippen LogP) is 2.81. The molecule has 0 fully saturated rings. The van der Waals surface area contributed by atoms with Gasteiger partial charge in [0.05, 0.1) is 10.6 Å². The maximum atomic E-state index is 12.1. The van der Waals surface area contributed by atoms with Gasteiger partial charge in [-0.2, -0.15) is 0 Å². The van der Waals surface area contributed by atoms with Crippen molar-refractivity contribution in [2.45, 2.75) is 24.3 Å². The zero-order valence-electron chi connectivity index (χ0n) is 13.0. The van der Waals surface area contributed by atoms with E-state index in [1.54, 1.807) is 12.1 Å². The zero-order valence-corrected chi connectivity index (χ0v) is 13.8. The van der Waals surface area contributed by atoms with E-state index in [2.05, 4.69) is 9.55 Å². The molecule has 0 radical (unpaired) electrons. The second kappa shape index (κ2) is 5.58. The molecule has 0 saturated heterocycles. The highest BCUT2D eigenvalue weighted by atomic mass is 32.2. The standard InChI is InChI=1S/C18H17N3O2S/c19-24(22,23)16-9-4-8-14(13-6-2-1-3-7-13)18(16)15-12-21-11-5-10-17(21)20-15/h1-4,6-9,12H,5,10-11H2,(H2,19,22,23). The van der Waals surface area contributed by atoms with Crippen LogP contribution in [-0.4, -0.2) is 18.0 Å². The Morgan fingerprint density at radius 3 is 2.54 bits per heavy atom. The van der Waals surface area contributed by atoms with Gasteiger partial charge in [0.25, 0.3) is 0 Å². The number of nitrogens with two attached hydrogens (primary N) is 1. The van der Waals surface area contributed by atoms with E-state index in [1.807, 2.05) is 42.6 Å². The summed E-state index contributed by atoms with van der Waals surface area (Å²) in [5, 5.41) is 5.47. The minimum Gasteiger partial charge on any atom is -0.334 e. The first-order valence-corrected chi connectivity index (χ1v) is 9.36. The molecule has 122 valence electrons. The van der Waals surface area contributed by atoms with Crippen LogP contribution in [0.25, 0.3) is 22.4 Å². The van der Waals surface area contributed by atoms with Gasteiger partial charge in [-0.15, -0.1) is 0 Å². The van der Waals surface area contributed by atoms with Gasteiger partial charge < -0.3 is 4.57 Å². The highest BCUT2D eigenvalue weighted by molar-refractivity contribution is 7.89. The lowest BCUT2D eigenvalue weighted by Crippen LogP contribution is -2.14. The summed E-state index contributed by atoms with van der Waals surface area (Å²) in [5.41, 5.74) is 2.99. The van der Waals surface area contributed by atoms with Crippen LogP contribution in [0.2, 0.25) is 0 Å². The molecule has 1 aromatic heterocycles. The molecule has 0 saturated carbocycles. The fourth-order valence-electron chi connectivity index (χ4n) is 3.27. The average Bonchev–Trinajstić information content (AvgIpc) is 3.15. The fourth-order valence-corrected chi connectivity index (χ4v) is 4.03. The van der Waals surface area contributed by atoms with Gasteiger partial charge in [-0.25, -0.2) is 18.5 Å². The van der Waals surface area contributed by atoms with E-state index in [0.717, 1.165) is 36.3 Å². The van der Waals surface area contributed by atoms with Crippen molar-refractivity contribution >= 4 is 10.0 Å². The van der Waals surface area contributed by atoms with Crippen LogP contribution in [0.15, 0.2) is 59.6 Å². The van der Waals surface area contributed by atoms with Crippen LogP contribution in [0.4, 0.5) is 0 Å². The Labute approximate surface area is 140 Å². The Bertz CT molecular complexity index is 986. The third kappa shape index (κ3) is 2.53. The second-order valence-electron chi connectivity index (χ2n) is 5.93. The average molecular weight is 339 g/mol. The number of aromatic nitrogens is 2. The minimum atomic E-state index is -3.85. The molecule has 2 heterocycles. The van der Waals surface area contributed by atoms with Gasteiger partial charge in [0.1, 0.15) is 5.82 Å². The van der Waals surface area contributed by atoms with Gasteiger partial charge in [0, 0.05) is 24.7 Å². The normalized spacial score (nSPS) is 13.9. The lowest BCUT2D eigenvalue weighted by atomic mass is 9.98. The van der Waals surface area contributed by atoms with E-state index in [0.29, 0.717) is 11.3 Å². The molecule has 5 nitrogen and oxygen atoms in total. The molecular weight excluding hydrogens is 322 g/mol. The molecular formula is C18H17N3O2S. The Morgan fingerprint density at radius 2 is 1.83 bits per heavy atom. The number of imidazole rings is 1. The molecule has 0 spiro atoms. The summed E-state index contributed by atoms with van der Waals surface area (Å²) in [6, 6.07) is 14.9.